The Morgan fingerprint density at radius 3 is 2.30 bits per heavy atom. The Balaban J connectivity index is 2.54. The predicted molar refractivity (Wildman–Crippen MR) is 79.2 cm³/mol. The molecular weight excluding hydrogens is 252 g/mol. The Hall–Kier alpha value is -2.29. The van der Waals surface area contributed by atoms with E-state index in [4.69, 9.17) is 9.84 Å². The number of aliphatic carboxylic acids is 1. The maximum absolute atomic E-state index is 10.8. The first-order valence-electron chi connectivity index (χ1n) is 6.47. The van der Waals surface area contributed by atoms with E-state index in [-0.39, 0.29) is 6.42 Å². The summed E-state index contributed by atoms with van der Waals surface area (Å²) in [6.45, 7) is 4.09. The fourth-order valence-electron chi connectivity index (χ4n) is 2.40. The molecule has 104 valence electrons. The quantitative estimate of drug-likeness (QED) is 0.923. The summed E-state index contributed by atoms with van der Waals surface area (Å²) < 4.78 is 5.39. The first kappa shape index (κ1) is 14.1. The minimum absolute atomic E-state index is 0.0157. The van der Waals surface area contributed by atoms with E-state index in [0.29, 0.717) is 0 Å². The third-order valence-electron chi connectivity index (χ3n) is 3.15. The summed E-state index contributed by atoms with van der Waals surface area (Å²) in [7, 11) is 1.62. The van der Waals surface area contributed by atoms with Crippen LogP contribution in [0.4, 0.5) is 0 Å². The number of ether oxygens (including phenoxy) is 1. The molecule has 0 saturated carbocycles. The molecule has 3 nitrogen and oxygen atoms in total. The van der Waals surface area contributed by atoms with Crippen molar-refractivity contribution in [3.8, 4) is 16.9 Å². The molecule has 0 amide bonds. The van der Waals surface area contributed by atoms with Crippen molar-refractivity contribution in [3.05, 3.63) is 53.1 Å². The number of carboxylic acid groups (broad SMARTS) is 1. The smallest absolute Gasteiger partial charge is 0.307 e. The average Bonchev–Trinajstić information content (AvgIpc) is 2.36. The molecule has 0 aliphatic carbocycles. The first-order chi connectivity index (χ1) is 9.49. The molecule has 0 radical (unpaired) electrons. The van der Waals surface area contributed by atoms with Gasteiger partial charge >= 0.3 is 5.97 Å². The summed E-state index contributed by atoms with van der Waals surface area (Å²) in [5.41, 5.74) is 5.09. The highest BCUT2D eigenvalue weighted by atomic mass is 16.5. The molecule has 0 unspecified atom stereocenters. The van der Waals surface area contributed by atoms with Crippen LogP contribution in [0.15, 0.2) is 36.4 Å². The van der Waals surface area contributed by atoms with Crippen LogP contribution in [-0.4, -0.2) is 18.2 Å². The Kier molecular flexibility index (Phi) is 4.08. The van der Waals surface area contributed by atoms with Gasteiger partial charge in [-0.1, -0.05) is 35.4 Å². The number of carbonyl (C=O) groups is 1. The van der Waals surface area contributed by atoms with Gasteiger partial charge in [-0.15, -0.1) is 0 Å². The van der Waals surface area contributed by atoms with Crippen LogP contribution in [0.5, 0.6) is 5.75 Å². The number of benzene rings is 2. The molecule has 0 fully saturated rings. The average molecular weight is 270 g/mol. The number of methoxy groups -OCH3 is 1. The van der Waals surface area contributed by atoms with Crippen molar-refractivity contribution in [1.82, 2.24) is 0 Å². The van der Waals surface area contributed by atoms with Gasteiger partial charge in [-0.25, -0.2) is 0 Å². The topological polar surface area (TPSA) is 46.5 Å². The van der Waals surface area contributed by atoms with Crippen LogP contribution in [0.2, 0.25) is 0 Å². The third kappa shape index (κ3) is 3.18. The van der Waals surface area contributed by atoms with Crippen LogP contribution in [-0.2, 0) is 11.2 Å². The molecule has 0 aromatic heterocycles. The zero-order chi connectivity index (χ0) is 14.7. The van der Waals surface area contributed by atoms with Crippen LogP contribution in [0.1, 0.15) is 16.7 Å². The van der Waals surface area contributed by atoms with Crippen molar-refractivity contribution in [2.75, 3.05) is 7.11 Å². The maximum Gasteiger partial charge on any atom is 0.307 e. The molecule has 1 N–H and O–H groups in total. The number of carboxylic acids is 1. The van der Waals surface area contributed by atoms with Crippen molar-refractivity contribution in [2.24, 2.45) is 0 Å². The lowest BCUT2D eigenvalue weighted by Crippen LogP contribution is -2.00. The molecule has 0 aliphatic rings. The molecule has 2 aromatic carbocycles. The lowest BCUT2D eigenvalue weighted by molar-refractivity contribution is -0.136. The van der Waals surface area contributed by atoms with Gasteiger partial charge in [0.25, 0.3) is 0 Å². The molecule has 0 atom stereocenters. The molecule has 0 heterocycles. The van der Waals surface area contributed by atoms with E-state index in [1.165, 1.54) is 11.1 Å². The van der Waals surface area contributed by atoms with Crippen molar-refractivity contribution in [3.63, 3.8) is 0 Å². The second-order valence-electron chi connectivity index (χ2n) is 4.98. The van der Waals surface area contributed by atoms with Crippen LogP contribution in [0.3, 0.4) is 0 Å². The van der Waals surface area contributed by atoms with Gasteiger partial charge in [0.1, 0.15) is 5.75 Å². The van der Waals surface area contributed by atoms with E-state index >= 15 is 0 Å². The highest BCUT2D eigenvalue weighted by Gasteiger charge is 2.10. The maximum atomic E-state index is 10.8. The van der Waals surface area contributed by atoms with Crippen LogP contribution in [0.25, 0.3) is 11.1 Å². The van der Waals surface area contributed by atoms with Gasteiger partial charge in [0, 0.05) is 5.56 Å². The van der Waals surface area contributed by atoms with Gasteiger partial charge in [-0.05, 0) is 37.1 Å². The SMILES string of the molecule is COc1ccc(CC(=O)O)cc1-c1cc(C)cc(C)c1. The molecule has 2 aromatic rings. The minimum Gasteiger partial charge on any atom is -0.496 e. The molecule has 0 saturated heterocycles. The molecule has 0 spiro atoms. The van der Waals surface area contributed by atoms with Gasteiger partial charge in [-0.2, -0.15) is 0 Å². The fraction of sp³-hybridized carbons (Fsp3) is 0.235. The van der Waals surface area contributed by atoms with Crippen LogP contribution >= 0.6 is 0 Å². The predicted octanol–water partition coefficient (Wildman–Crippen LogP) is 3.61. The van der Waals surface area contributed by atoms with E-state index in [1.807, 2.05) is 26.0 Å². The van der Waals surface area contributed by atoms with Crippen molar-refractivity contribution in [1.29, 1.82) is 0 Å². The fourth-order valence-corrected chi connectivity index (χ4v) is 2.40. The van der Waals surface area contributed by atoms with E-state index in [9.17, 15) is 4.79 Å². The van der Waals surface area contributed by atoms with Gasteiger partial charge in [-0.3, -0.25) is 4.79 Å². The Labute approximate surface area is 118 Å². The lowest BCUT2D eigenvalue weighted by atomic mass is 9.97. The molecule has 0 bridgehead atoms. The van der Waals surface area contributed by atoms with Gasteiger partial charge in [0.15, 0.2) is 0 Å². The zero-order valence-electron chi connectivity index (χ0n) is 11.9. The molecule has 2 rings (SSSR count). The van der Waals surface area contributed by atoms with E-state index < -0.39 is 5.97 Å². The van der Waals surface area contributed by atoms with Crippen molar-refractivity contribution < 1.29 is 14.6 Å². The molecule has 20 heavy (non-hydrogen) atoms. The van der Waals surface area contributed by atoms with Gasteiger partial charge < -0.3 is 9.84 Å². The Morgan fingerprint density at radius 1 is 1.10 bits per heavy atom. The summed E-state index contributed by atoms with van der Waals surface area (Å²) in [4.78, 5) is 10.8. The zero-order valence-corrected chi connectivity index (χ0v) is 11.9. The summed E-state index contributed by atoms with van der Waals surface area (Å²) >= 11 is 0. The van der Waals surface area contributed by atoms with Crippen molar-refractivity contribution in [2.45, 2.75) is 20.3 Å². The number of hydrogen-bond donors (Lipinski definition) is 1. The number of hydrogen-bond acceptors (Lipinski definition) is 2. The standard InChI is InChI=1S/C17H18O3/c1-11-6-12(2)8-14(7-11)15-9-13(10-17(18)19)4-5-16(15)20-3/h4-9H,10H2,1-3H3,(H,18,19). The summed E-state index contributed by atoms with van der Waals surface area (Å²) in [6, 6.07) is 11.8. The molecule has 0 aliphatic heterocycles. The highest BCUT2D eigenvalue weighted by Crippen LogP contribution is 2.32. The van der Waals surface area contributed by atoms with Crippen LogP contribution < -0.4 is 4.74 Å². The van der Waals surface area contributed by atoms with Gasteiger partial charge in [0.2, 0.25) is 0 Å². The minimum atomic E-state index is -0.832. The summed E-state index contributed by atoms with van der Waals surface area (Å²) in [5, 5.41) is 8.91. The second-order valence-corrected chi connectivity index (χ2v) is 4.98. The van der Waals surface area contributed by atoms with Gasteiger partial charge in [0.05, 0.1) is 13.5 Å². The summed E-state index contributed by atoms with van der Waals surface area (Å²) in [5.74, 6) is -0.0781. The molecular formula is C17H18O3. The second kappa shape index (κ2) is 5.78. The monoisotopic (exact) mass is 270 g/mol. The Bertz CT molecular complexity index is 624. The Morgan fingerprint density at radius 2 is 1.75 bits per heavy atom. The molecule has 3 heteroatoms. The van der Waals surface area contributed by atoms with E-state index in [2.05, 4.69) is 18.2 Å². The summed E-state index contributed by atoms with van der Waals surface area (Å²) in [6.07, 6.45) is 0.0157. The van der Waals surface area contributed by atoms with E-state index in [1.54, 1.807) is 13.2 Å². The largest absolute Gasteiger partial charge is 0.496 e. The number of aryl methyl sites for hydroxylation is 2. The normalized spacial score (nSPS) is 10.3. The highest BCUT2D eigenvalue weighted by molar-refractivity contribution is 5.75. The van der Waals surface area contributed by atoms with Crippen molar-refractivity contribution >= 4 is 5.97 Å². The van der Waals surface area contributed by atoms with Crippen LogP contribution in [0, 0.1) is 13.8 Å². The third-order valence-corrected chi connectivity index (χ3v) is 3.15. The first-order valence-corrected chi connectivity index (χ1v) is 6.47. The number of rotatable bonds is 4. The van der Waals surface area contributed by atoms with E-state index in [0.717, 1.165) is 22.4 Å². The lowest BCUT2D eigenvalue weighted by Gasteiger charge is -2.12.